The second-order valence-electron chi connectivity index (χ2n) is 8.76. The molecule has 25 heavy (non-hydrogen) atoms. The highest BCUT2D eigenvalue weighted by Gasteiger charge is 2.43. The Labute approximate surface area is 152 Å². The first-order valence-corrected chi connectivity index (χ1v) is 11.3. The third kappa shape index (κ3) is 6.13. The van der Waals surface area contributed by atoms with E-state index < -0.39 is 15.6 Å². The van der Waals surface area contributed by atoms with Gasteiger partial charge in [-0.2, -0.15) is 0 Å². The maximum atomic E-state index is 12.3. The van der Waals surface area contributed by atoms with Gasteiger partial charge in [-0.05, 0) is 57.8 Å². The molecule has 0 unspecified atom stereocenters. The molecular weight excluding hydrogens is 340 g/mol. The standard InChI is InChI=1S/C18H34N2O4S/c1-17(2,3)24-16(21)20-12-10-18(11-13-20,14-19-25(4,22)23)15-8-6-5-7-9-15/h15,19H,5-14H2,1-4H3. The minimum absolute atomic E-state index is 0.0397. The number of carbonyl (C=O) groups excluding carboxylic acids is 1. The van der Waals surface area contributed by atoms with Crippen LogP contribution in [0.25, 0.3) is 0 Å². The Morgan fingerprint density at radius 2 is 1.72 bits per heavy atom. The lowest BCUT2D eigenvalue weighted by atomic mass is 9.64. The molecule has 7 heteroatoms. The number of piperidine rings is 1. The van der Waals surface area contributed by atoms with Crippen molar-refractivity contribution in [2.45, 2.75) is 71.3 Å². The zero-order chi connectivity index (χ0) is 18.7. The number of amides is 1. The summed E-state index contributed by atoms with van der Waals surface area (Å²) >= 11 is 0. The molecule has 0 aromatic rings. The maximum Gasteiger partial charge on any atom is 0.410 e. The molecule has 1 saturated heterocycles. The SMILES string of the molecule is CC(C)(C)OC(=O)N1CCC(CNS(C)(=O)=O)(C2CCCCC2)CC1. The summed E-state index contributed by atoms with van der Waals surface area (Å²) in [6.45, 7) is 7.37. The van der Waals surface area contributed by atoms with Gasteiger partial charge in [0.05, 0.1) is 6.26 Å². The molecule has 0 atom stereocenters. The number of nitrogens with zero attached hydrogens (tertiary/aromatic N) is 1. The number of carbonyl (C=O) groups is 1. The molecule has 1 saturated carbocycles. The Bertz CT molecular complexity index is 554. The van der Waals surface area contributed by atoms with Crippen LogP contribution < -0.4 is 4.72 Å². The summed E-state index contributed by atoms with van der Waals surface area (Å²) in [7, 11) is -3.21. The molecule has 6 nitrogen and oxygen atoms in total. The zero-order valence-corrected chi connectivity index (χ0v) is 17.0. The highest BCUT2D eigenvalue weighted by atomic mass is 32.2. The van der Waals surface area contributed by atoms with Crippen molar-refractivity contribution in [3.8, 4) is 0 Å². The Morgan fingerprint density at radius 3 is 2.20 bits per heavy atom. The van der Waals surface area contributed by atoms with Gasteiger partial charge in [-0.1, -0.05) is 19.3 Å². The van der Waals surface area contributed by atoms with Crippen LogP contribution in [0.3, 0.4) is 0 Å². The smallest absolute Gasteiger partial charge is 0.410 e. The second kappa shape index (κ2) is 7.82. The topological polar surface area (TPSA) is 75.7 Å². The van der Waals surface area contributed by atoms with E-state index in [0.717, 1.165) is 25.7 Å². The number of nitrogens with one attached hydrogen (secondary N) is 1. The normalized spacial score (nSPS) is 22.6. The molecular formula is C18H34N2O4S. The van der Waals surface area contributed by atoms with Crippen LogP contribution in [0.4, 0.5) is 4.79 Å². The Hall–Kier alpha value is -0.820. The first-order chi connectivity index (χ1) is 11.5. The van der Waals surface area contributed by atoms with Gasteiger partial charge >= 0.3 is 6.09 Å². The number of sulfonamides is 1. The quantitative estimate of drug-likeness (QED) is 0.820. The summed E-state index contributed by atoms with van der Waals surface area (Å²) in [6, 6.07) is 0. The predicted octanol–water partition coefficient (Wildman–Crippen LogP) is 3.13. The van der Waals surface area contributed by atoms with Crippen molar-refractivity contribution in [2.75, 3.05) is 25.9 Å². The van der Waals surface area contributed by atoms with Gasteiger partial charge in [0.1, 0.15) is 5.60 Å². The average Bonchev–Trinajstić information content (AvgIpc) is 2.52. The summed E-state index contributed by atoms with van der Waals surface area (Å²) in [6.07, 6.45) is 8.67. The Kier molecular flexibility index (Phi) is 6.41. The Morgan fingerprint density at radius 1 is 1.16 bits per heavy atom. The van der Waals surface area contributed by atoms with Crippen LogP contribution in [0.15, 0.2) is 0 Å². The third-order valence-corrected chi connectivity index (χ3v) is 6.24. The van der Waals surface area contributed by atoms with Crippen LogP contribution in [0, 0.1) is 11.3 Å². The summed E-state index contributed by atoms with van der Waals surface area (Å²) in [5.74, 6) is 0.538. The molecule has 2 fully saturated rings. The number of hydrogen-bond acceptors (Lipinski definition) is 4. The fourth-order valence-corrected chi connectivity index (χ4v) is 4.73. The highest BCUT2D eigenvalue weighted by Crippen LogP contribution is 2.45. The van der Waals surface area contributed by atoms with E-state index in [1.165, 1.54) is 25.5 Å². The minimum atomic E-state index is -3.21. The fraction of sp³-hybridized carbons (Fsp3) is 0.944. The number of hydrogen-bond donors (Lipinski definition) is 1. The van der Waals surface area contributed by atoms with Crippen molar-refractivity contribution in [3.05, 3.63) is 0 Å². The van der Waals surface area contributed by atoms with Crippen LogP contribution in [0.2, 0.25) is 0 Å². The van der Waals surface area contributed by atoms with Crippen molar-refractivity contribution < 1.29 is 17.9 Å². The minimum Gasteiger partial charge on any atom is -0.444 e. The summed E-state index contributed by atoms with van der Waals surface area (Å²) in [4.78, 5) is 14.1. The van der Waals surface area contributed by atoms with Gasteiger partial charge in [-0.15, -0.1) is 0 Å². The molecule has 2 aliphatic rings. The summed E-state index contributed by atoms with van der Waals surface area (Å²) < 4.78 is 31.5. The lowest BCUT2D eigenvalue weighted by molar-refractivity contribution is -0.00433. The van der Waals surface area contributed by atoms with Crippen molar-refractivity contribution in [1.29, 1.82) is 0 Å². The number of ether oxygens (including phenoxy) is 1. The molecule has 1 aliphatic heterocycles. The third-order valence-electron chi connectivity index (χ3n) is 5.57. The number of rotatable bonds is 4. The van der Waals surface area contributed by atoms with Gasteiger partial charge in [0.15, 0.2) is 0 Å². The van der Waals surface area contributed by atoms with E-state index in [1.54, 1.807) is 4.90 Å². The van der Waals surface area contributed by atoms with E-state index in [9.17, 15) is 13.2 Å². The Balaban J connectivity index is 2.04. The van der Waals surface area contributed by atoms with Crippen molar-refractivity contribution in [1.82, 2.24) is 9.62 Å². The van der Waals surface area contributed by atoms with E-state index in [2.05, 4.69) is 4.72 Å². The maximum absolute atomic E-state index is 12.3. The van der Waals surface area contributed by atoms with Gasteiger partial charge in [-0.25, -0.2) is 17.9 Å². The zero-order valence-electron chi connectivity index (χ0n) is 16.1. The van der Waals surface area contributed by atoms with E-state index in [0.29, 0.717) is 25.6 Å². The molecule has 1 N–H and O–H groups in total. The molecule has 1 amide bonds. The molecule has 0 aromatic carbocycles. The predicted molar refractivity (Wildman–Crippen MR) is 98.9 cm³/mol. The highest BCUT2D eigenvalue weighted by molar-refractivity contribution is 7.88. The largest absolute Gasteiger partial charge is 0.444 e. The summed E-state index contributed by atoms with van der Waals surface area (Å²) in [5, 5.41) is 0. The van der Waals surface area contributed by atoms with Crippen LogP contribution in [0.1, 0.15) is 65.7 Å². The molecule has 0 bridgehead atoms. The molecule has 2 rings (SSSR count). The molecule has 146 valence electrons. The molecule has 1 aliphatic carbocycles. The second-order valence-corrected chi connectivity index (χ2v) is 10.6. The van der Waals surface area contributed by atoms with Gasteiger partial charge in [0.2, 0.25) is 10.0 Å². The first kappa shape index (κ1) is 20.5. The summed E-state index contributed by atoms with van der Waals surface area (Å²) in [5.41, 5.74) is -0.533. The average molecular weight is 375 g/mol. The molecule has 1 heterocycles. The van der Waals surface area contributed by atoms with Crippen molar-refractivity contribution in [3.63, 3.8) is 0 Å². The first-order valence-electron chi connectivity index (χ1n) is 9.43. The van der Waals surface area contributed by atoms with Gasteiger partial charge in [-0.3, -0.25) is 0 Å². The number of likely N-dealkylation sites (tertiary alicyclic amines) is 1. The van der Waals surface area contributed by atoms with Crippen molar-refractivity contribution >= 4 is 16.1 Å². The van der Waals surface area contributed by atoms with Gasteiger partial charge in [0.25, 0.3) is 0 Å². The lowest BCUT2D eigenvalue weighted by Crippen LogP contribution is -2.52. The molecule has 0 spiro atoms. The van der Waals surface area contributed by atoms with Gasteiger partial charge < -0.3 is 9.64 Å². The lowest BCUT2D eigenvalue weighted by Gasteiger charge is -2.48. The van der Waals surface area contributed by atoms with E-state index in [1.807, 2.05) is 20.8 Å². The van der Waals surface area contributed by atoms with Crippen LogP contribution >= 0.6 is 0 Å². The van der Waals surface area contributed by atoms with Crippen LogP contribution in [0.5, 0.6) is 0 Å². The molecule has 0 radical (unpaired) electrons. The van der Waals surface area contributed by atoms with Crippen LogP contribution in [-0.4, -0.2) is 50.9 Å². The van der Waals surface area contributed by atoms with Gasteiger partial charge in [0, 0.05) is 19.6 Å². The van der Waals surface area contributed by atoms with Crippen molar-refractivity contribution in [2.24, 2.45) is 11.3 Å². The monoisotopic (exact) mass is 374 g/mol. The fourth-order valence-electron chi connectivity index (χ4n) is 4.18. The van der Waals surface area contributed by atoms with E-state index in [-0.39, 0.29) is 11.5 Å². The van der Waals surface area contributed by atoms with E-state index in [4.69, 9.17) is 4.74 Å². The molecule has 0 aromatic heterocycles. The van der Waals surface area contributed by atoms with E-state index >= 15 is 0 Å². The van der Waals surface area contributed by atoms with Crippen LogP contribution in [-0.2, 0) is 14.8 Å².